The van der Waals surface area contributed by atoms with Crippen molar-refractivity contribution in [3.8, 4) is 0 Å². The van der Waals surface area contributed by atoms with Gasteiger partial charge in [-0.25, -0.2) is 8.42 Å². The Kier molecular flexibility index (Phi) is 6.54. The quantitative estimate of drug-likeness (QED) is 0.785. The van der Waals surface area contributed by atoms with Gasteiger partial charge in [0.2, 0.25) is 15.9 Å². The number of carbonyl (C=O) groups excluding carboxylic acids is 1. The molecular weight excluding hydrogens is 384 g/mol. The van der Waals surface area contributed by atoms with Crippen LogP contribution in [0.4, 0.5) is 5.69 Å². The van der Waals surface area contributed by atoms with Gasteiger partial charge < -0.3 is 5.32 Å². The molecule has 146 valence electrons. The lowest BCUT2D eigenvalue weighted by Gasteiger charge is -2.29. The first-order valence-corrected chi connectivity index (χ1v) is 10.9. The fourth-order valence-corrected chi connectivity index (χ4v) is 4.34. The summed E-state index contributed by atoms with van der Waals surface area (Å²) in [4.78, 5) is 12.8. The average Bonchev–Trinajstić information content (AvgIpc) is 2.57. The molecule has 0 radical (unpaired) electrons. The van der Waals surface area contributed by atoms with Gasteiger partial charge in [-0.1, -0.05) is 35.4 Å². The highest BCUT2D eigenvalue weighted by molar-refractivity contribution is 7.92. The largest absolute Gasteiger partial charge is 0.348 e. The number of benzene rings is 2. The van der Waals surface area contributed by atoms with Crippen LogP contribution >= 0.6 is 11.6 Å². The average molecular weight is 409 g/mol. The Hall–Kier alpha value is -2.05. The lowest BCUT2D eigenvalue weighted by Crippen LogP contribution is -2.48. The third-order valence-corrected chi connectivity index (χ3v) is 5.92. The standard InChI is InChI=1S/C20H25ClN2O3S/c1-13-6-7-14(2)19(12-13)15(3)22-20(24)16(4)23(27(5,25)26)18-10-8-17(21)9-11-18/h6-12,15-16H,1-5H3,(H,22,24)/t15-,16+/m1/s1. The van der Waals surface area contributed by atoms with E-state index in [1.807, 2.05) is 39.0 Å². The second kappa shape index (κ2) is 8.31. The maximum absolute atomic E-state index is 12.8. The van der Waals surface area contributed by atoms with Gasteiger partial charge in [-0.2, -0.15) is 0 Å². The van der Waals surface area contributed by atoms with Gasteiger partial charge in [-0.05, 0) is 63.1 Å². The van der Waals surface area contributed by atoms with E-state index >= 15 is 0 Å². The maximum atomic E-state index is 12.8. The summed E-state index contributed by atoms with van der Waals surface area (Å²) in [6, 6.07) is 11.3. The summed E-state index contributed by atoms with van der Waals surface area (Å²) in [7, 11) is -3.66. The highest BCUT2D eigenvalue weighted by Crippen LogP contribution is 2.24. The Bertz CT molecular complexity index is 927. The zero-order valence-corrected chi connectivity index (χ0v) is 17.7. The molecule has 2 aromatic carbocycles. The molecule has 0 spiro atoms. The molecule has 1 amide bonds. The van der Waals surface area contributed by atoms with E-state index in [9.17, 15) is 13.2 Å². The van der Waals surface area contributed by atoms with Gasteiger partial charge in [0.15, 0.2) is 0 Å². The van der Waals surface area contributed by atoms with Crippen molar-refractivity contribution in [2.24, 2.45) is 0 Å². The van der Waals surface area contributed by atoms with Crippen LogP contribution < -0.4 is 9.62 Å². The number of carbonyl (C=O) groups is 1. The Morgan fingerprint density at radius 1 is 1.07 bits per heavy atom. The summed E-state index contributed by atoms with van der Waals surface area (Å²) < 4.78 is 25.8. The van der Waals surface area contributed by atoms with E-state index in [1.54, 1.807) is 31.2 Å². The second-order valence-corrected chi connectivity index (χ2v) is 9.10. The number of sulfonamides is 1. The summed E-state index contributed by atoms with van der Waals surface area (Å²) in [6.07, 6.45) is 1.08. The van der Waals surface area contributed by atoms with Gasteiger partial charge in [-0.15, -0.1) is 0 Å². The highest BCUT2D eigenvalue weighted by atomic mass is 35.5. The molecule has 0 saturated carbocycles. The zero-order valence-electron chi connectivity index (χ0n) is 16.2. The number of hydrogen-bond acceptors (Lipinski definition) is 3. The van der Waals surface area contributed by atoms with E-state index in [0.717, 1.165) is 27.3 Å². The summed E-state index contributed by atoms with van der Waals surface area (Å²) in [6.45, 7) is 7.43. The van der Waals surface area contributed by atoms with Crippen molar-refractivity contribution in [2.45, 2.75) is 39.8 Å². The molecule has 0 unspecified atom stereocenters. The zero-order chi connectivity index (χ0) is 20.4. The molecule has 7 heteroatoms. The van der Waals surface area contributed by atoms with Crippen molar-refractivity contribution in [1.82, 2.24) is 5.32 Å². The third kappa shape index (κ3) is 5.23. The number of aryl methyl sites for hydroxylation is 2. The van der Waals surface area contributed by atoms with E-state index in [0.29, 0.717) is 10.7 Å². The molecule has 0 aliphatic carbocycles. The molecular formula is C20H25ClN2O3S. The molecule has 2 aromatic rings. The number of halogens is 1. The second-order valence-electron chi connectivity index (χ2n) is 6.80. The van der Waals surface area contributed by atoms with E-state index in [1.165, 1.54) is 0 Å². The van der Waals surface area contributed by atoms with Gasteiger partial charge in [0.1, 0.15) is 6.04 Å². The number of rotatable bonds is 6. The molecule has 2 rings (SSSR count). The molecule has 5 nitrogen and oxygen atoms in total. The summed E-state index contributed by atoms with van der Waals surface area (Å²) in [5.41, 5.74) is 3.57. The molecule has 0 saturated heterocycles. The van der Waals surface area contributed by atoms with Crippen LogP contribution in [0.3, 0.4) is 0 Å². The fourth-order valence-electron chi connectivity index (χ4n) is 3.03. The lowest BCUT2D eigenvalue weighted by molar-refractivity contribution is -0.122. The number of hydrogen-bond donors (Lipinski definition) is 1. The number of anilines is 1. The van der Waals surface area contributed by atoms with E-state index in [4.69, 9.17) is 11.6 Å². The van der Waals surface area contributed by atoms with Gasteiger partial charge in [0.25, 0.3) is 0 Å². The smallest absolute Gasteiger partial charge is 0.244 e. The SMILES string of the molecule is Cc1ccc(C)c([C@@H](C)NC(=O)[C@H](C)N(c2ccc(Cl)cc2)S(C)(=O)=O)c1. The van der Waals surface area contributed by atoms with Crippen LogP contribution in [-0.4, -0.2) is 26.6 Å². The molecule has 0 aromatic heterocycles. The fraction of sp³-hybridized carbons (Fsp3) is 0.350. The first-order chi connectivity index (χ1) is 12.5. The first-order valence-electron chi connectivity index (χ1n) is 8.63. The third-order valence-electron chi connectivity index (χ3n) is 4.43. The topological polar surface area (TPSA) is 66.5 Å². The molecule has 0 fully saturated rings. The van der Waals surface area contributed by atoms with Crippen molar-refractivity contribution >= 4 is 33.2 Å². The van der Waals surface area contributed by atoms with E-state index in [2.05, 4.69) is 5.32 Å². The van der Waals surface area contributed by atoms with Crippen LogP contribution in [0.5, 0.6) is 0 Å². The predicted molar refractivity (Wildman–Crippen MR) is 111 cm³/mol. The van der Waals surface area contributed by atoms with Crippen molar-refractivity contribution in [3.63, 3.8) is 0 Å². The molecule has 0 aliphatic heterocycles. The van der Waals surface area contributed by atoms with E-state index in [-0.39, 0.29) is 11.9 Å². The Balaban J connectivity index is 2.27. The van der Waals surface area contributed by atoms with Crippen molar-refractivity contribution < 1.29 is 13.2 Å². The number of nitrogens with zero attached hydrogens (tertiary/aromatic N) is 1. The number of amides is 1. The molecule has 0 heterocycles. The van der Waals surface area contributed by atoms with Crippen molar-refractivity contribution in [1.29, 1.82) is 0 Å². The minimum atomic E-state index is -3.66. The Morgan fingerprint density at radius 3 is 2.22 bits per heavy atom. The van der Waals surface area contributed by atoms with Gasteiger partial charge >= 0.3 is 0 Å². The first kappa shape index (κ1) is 21.3. The van der Waals surface area contributed by atoms with Crippen molar-refractivity contribution in [3.05, 3.63) is 64.2 Å². The van der Waals surface area contributed by atoms with E-state index < -0.39 is 16.1 Å². The van der Waals surface area contributed by atoms with Crippen LogP contribution in [0.2, 0.25) is 5.02 Å². The lowest BCUT2D eigenvalue weighted by atomic mass is 10.00. The summed E-state index contributed by atoms with van der Waals surface area (Å²) in [5.74, 6) is -0.371. The van der Waals surface area contributed by atoms with Crippen molar-refractivity contribution in [2.75, 3.05) is 10.6 Å². The minimum Gasteiger partial charge on any atom is -0.348 e. The summed E-state index contributed by atoms with van der Waals surface area (Å²) >= 11 is 5.89. The van der Waals surface area contributed by atoms with Crippen LogP contribution in [0.1, 0.15) is 36.6 Å². The molecule has 2 atom stereocenters. The Morgan fingerprint density at radius 2 is 1.67 bits per heavy atom. The maximum Gasteiger partial charge on any atom is 0.244 e. The van der Waals surface area contributed by atoms with Crippen LogP contribution in [-0.2, 0) is 14.8 Å². The molecule has 27 heavy (non-hydrogen) atoms. The predicted octanol–water partition coefficient (Wildman–Crippen LogP) is 3.99. The molecule has 0 aliphatic rings. The highest BCUT2D eigenvalue weighted by Gasteiger charge is 2.30. The van der Waals surface area contributed by atoms with Crippen LogP contribution in [0.25, 0.3) is 0 Å². The monoisotopic (exact) mass is 408 g/mol. The van der Waals surface area contributed by atoms with Crippen LogP contribution in [0, 0.1) is 13.8 Å². The molecule has 1 N–H and O–H groups in total. The van der Waals surface area contributed by atoms with Crippen LogP contribution in [0.15, 0.2) is 42.5 Å². The normalized spacial score (nSPS) is 13.7. The van der Waals surface area contributed by atoms with Gasteiger partial charge in [0.05, 0.1) is 18.0 Å². The summed E-state index contributed by atoms with van der Waals surface area (Å²) in [5, 5.41) is 3.42. The Labute approximate surface area is 166 Å². The number of nitrogens with one attached hydrogen (secondary N) is 1. The van der Waals surface area contributed by atoms with Gasteiger partial charge in [0, 0.05) is 5.02 Å². The minimum absolute atomic E-state index is 0.244. The van der Waals surface area contributed by atoms with Gasteiger partial charge in [-0.3, -0.25) is 9.10 Å². The molecule has 0 bridgehead atoms.